The molecule has 0 aromatic heterocycles. The van der Waals surface area contributed by atoms with Gasteiger partial charge in [0.15, 0.2) is 5.96 Å². The predicted octanol–water partition coefficient (Wildman–Crippen LogP) is 3.19. The summed E-state index contributed by atoms with van der Waals surface area (Å²) in [4.78, 5) is 3.90. The lowest BCUT2D eigenvalue weighted by Gasteiger charge is -2.14. The molecule has 0 bridgehead atoms. The average Bonchev–Trinajstić information content (AvgIpc) is 2.44. The number of rotatable bonds is 7. The SMILES string of the molecule is CCNC(=NCCC(F)(F)F)NCCOc1c(C)cccc1C. The van der Waals surface area contributed by atoms with Crippen molar-refractivity contribution in [3.8, 4) is 5.75 Å². The molecule has 0 radical (unpaired) electrons. The van der Waals surface area contributed by atoms with E-state index in [2.05, 4.69) is 15.6 Å². The Morgan fingerprint density at radius 3 is 2.39 bits per heavy atom. The number of hydrogen-bond donors (Lipinski definition) is 2. The molecular formula is C16H24F3N3O. The van der Waals surface area contributed by atoms with E-state index in [0.29, 0.717) is 25.7 Å². The normalized spacial score (nSPS) is 12.2. The summed E-state index contributed by atoms with van der Waals surface area (Å²) >= 11 is 0. The fraction of sp³-hybridized carbons (Fsp3) is 0.562. The highest BCUT2D eigenvalue weighted by Crippen LogP contribution is 2.22. The topological polar surface area (TPSA) is 45.7 Å². The van der Waals surface area contributed by atoms with E-state index in [9.17, 15) is 13.2 Å². The highest BCUT2D eigenvalue weighted by molar-refractivity contribution is 5.79. The second-order valence-corrected chi connectivity index (χ2v) is 5.12. The van der Waals surface area contributed by atoms with Crippen molar-refractivity contribution in [1.29, 1.82) is 0 Å². The van der Waals surface area contributed by atoms with Gasteiger partial charge >= 0.3 is 6.18 Å². The van der Waals surface area contributed by atoms with Gasteiger partial charge in [-0.05, 0) is 31.9 Å². The molecule has 0 saturated carbocycles. The van der Waals surface area contributed by atoms with Crippen molar-refractivity contribution >= 4 is 5.96 Å². The average molecular weight is 331 g/mol. The smallest absolute Gasteiger partial charge is 0.390 e. The van der Waals surface area contributed by atoms with Crippen molar-refractivity contribution in [3.63, 3.8) is 0 Å². The summed E-state index contributed by atoms with van der Waals surface area (Å²) in [7, 11) is 0. The number of aliphatic imine (C=N–C) groups is 1. The Morgan fingerprint density at radius 1 is 1.17 bits per heavy atom. The highest BCUT2D eigenvalue weighted by atomic mass is 19.4. The summed E-state index contributed by atoms with van der Waals surface area (Å²) in [6.07, 6.45) is -5.12. The number of nitrogens with one attached hydrogen (secondary N) is 2. The maximum Gasteiger partial charge on any atom is 0.390 e. The fourth-order valence-corrected chi connectivity index (χ4v) is 1.99. The van der Waals surface area contributed by atoms with Gasteiger partial charge in [0.05, 0.1) is 19.5 Å². The number of alkyl halides is 3. The van der Waals surface area contributed by atoms with Crippen LogP contribution >= 0.6 is 0 Å². The van der Waals surface area contributed by atoms with Crippen molar-refractivity contribution in [2.45, 2.75) is 33.4 Å². The zero-order valence-corrected chi connectivity index (χ0v) is 13.8. The first-order valence-electron chi connectivity index (χ1n) is 7.61. The maximum absolute atomic E-state index is 12.1. The number of guanidine groups is 1. The minimum absolute atomic E-state index is 0.295. The second-order valence-electron chi connectivity index (χ2n) is 5.12. The number of aryl methyl sites for hydroxylation is 2. The van der Waals surface area contributed by atoms with E-state index in [1.54, 1.807) is 0 Å². The molecular weight excluding hydrogens is 307 g/mol. The predicted molar refractivity (Wildman–Crippen MR) is 86.1 cm³/mol. The zero-order valence-electron chi connectivity index (χ0n) is 13.8. The van der Waals surface area contributed by atoms with Crippen LogP contribution in [-0.4, -0.2) is 38.4 Å². The van der Waals surface area contributed by atoms with Crippen LogP contribution in [-0.2, 0) is 0 Å². The Bertz CT molecular complexity index is 496. The molecule has 0 aliphatic rings. The van der Waals surface area contributed by atoms with Crippen LogP contribution < -0.4 is 15.4 Å². The van der Waals surface area contributed by atoms with Gasteiger partial charge in [0, 0.05) is 6.54 Å². The zero-order chi connectivity index (χ0) is 17.3. The van der Waals surface area contributed by atoms with E-state index in [1.165, 1.54) is 0 Å². The van der Waals surface area contributed by atoms with Gasteiger partial charge in [-0.25, -0.2) is 0 Å². The lowest BCUT2D eigenvalue weighted by molar-refractivity contribution is -0.132. The molecule has 0 saturated heterocycles. The maximum atomic E-state index is 12.1. The summed E-state index contributed by atoms with van der Waals surface area (Å²) in [5.41, 5.74) is 2.10. The van der Waals surface area contributed by atoms with Gasteiger partial charge in [0.2, 0.25) is 0 Å². The van der Waals surface area contributed by atoms with Gasteiger partial charge in [-0.3, -0.25) is 4.99 Å². The van der Waals surface area contributed by atoms with Crippen LogP contribution in [0.5, 0.6) is 5.75 Å². The van der Waals surface area contributed by atoms with Crippen LogP contribution in [0.15, 0.2) is 23.2 Å². The lowest BCUT2D eigenvalue weighted by atomic mass is 10.1. The number of benzene rings is 1. The Morgan fingerprint density at radius 2 is 1.83 bits per heavy atom. The molecule has 0 aliphatic heterocycles. The minimum atomic E-state index is -4.19. The molecule has 0 fully saturated rings. The summed E-state index contributed by atoms with van der Waals surface area (Å²) in [5.74, 6) is 1.20. The first-order chi connectivity index (χ1) is 10.8. The molecule has 1 aromatic carbocycles. The van der Waals surface area contributed by atoms with Gasteiger partial charge in [-0.1, -0.05) is 18.2 Å². The van der Waals surface area contributed by atoms with E-state index in [4.69, 9.17) is 4.74 Å². The lowest BCUT2D eigenvalue weighted by Crippen LogP contribution is -2.39. The van der Waals surface area contributed by atoms with Crippen LogP contribution in [0.4, 0.5) is 13.2 Å². The van der Waals surface area contributed by atoms with Crippen LogP contribution in [0.3, 0.4) is 0 Å². The standard InChI is InChI=1S/C16H24F3N3O/c1-4-20-15(21-9-8-16(17,18)19)22-10-11-23-14-12(2)6-5-7-13(14)3/h5-7H,4,8-11H2,1-3H3,(H2,20,21,22). The number of para-hydroxylation sites is 1. The third kappa shape index (κ3) is 7.76. The molecule has 1 rings (SSSR count). The van der Waals surface area contributed by atoms with Crippen molar-refractivity contribution < 1.29 is 17.9 Å². The summed E-state index contributed by atoms with van der Waals surface area (Å²) < 4.78 is 42.1. The number of hydrogen-bond acceptors (Lipinski definition) is 2. The molecule has 0 spiro atoms. The molecule has 0 atom stereocenters. The Balaban J connectivity index is 2.42. The third-order valence-electron chi connectivity index (χ3n) is 3.06. The third-order valence-corrected chi connectivity index (χ3v) is 3.06. The monoisotopic (exact) mass is 331 g/mol. The van der Waals surface area contributed by atoms with Gasteiger partial charge in [-0.2, -0.15) is 13.2 Å². The van der Waals surface area contributed by atoms with Crippen molar-refractivity contribution in [1.82, 2.24) is 10.6 Å². The van der Waals surface area contributed by atoms with Crippen LogP contribution in [0.2, 0.25) is 0 Å². The summed E-state index contributed by atoms with van der Waals surface area (Å²) in [6, 6.07) is 5.91. The fourth-order valence-electron chi connectivity index (χ4n) is 1.99. The van der Waals surface area contributed by atoms with Crippen molar-refractivity contribution in [3.05, 3.63) is 29.3 Å². The minimum Gasteiger partial charge on any atom is -0.491 e. The molecule has 0 amide bonds. The van der Waals surface area contributed by atoms with Crippen molar-refractivity contribution in [2.75, 3.05) is 26.2 Å². The quantitative estimate of drug-likeness (QED) is 0.458. The van der Waals surface area contributed by atoms with E-state index >= 15 is 0 Å². The van der Waals surface area contributed by atoms with E-state index < -0.39 is 12.6 Å². The first kappa shape index (κ1) is 19.1. The van der Waals surface area contributed by atoms with Gasteiger partial charge in [-0.15, -0.1) is 0 Å². The largest absolute Gasteiger partial charge is 0.491 e. The number of nitrogens with zero attached hydrogens (tertiary/aromatic N) is 1. The molecule has 23 heavy (non-hydrogen) atoms. The number of halogens is 3. The Labute approximate surface area is 135 Å². The van der Waals surface area contributed by atoms with Gasteiger partial charge in [0.1, 0.15) is 12.4 Å². The Hall–Kier alpha value is -1.92. The van der Waals surface area contributed by atoms with Crippen LogP contribution in [0.25, 0.3) is 0 Å². The summed E-state index contributed by atoms with van der Waals surface area (Å²) in [6.45, 7) is 6.93. The molecule has 130 valence electrons. The van der Waals surface area contributed by atoms with Gasteiger partial charge in [0.25, 0.3) is 0 Å². The molecule has 0 unspecified atom stereocenters. The molecule has 2 N–H and O–H groups in total. The molecule has 0 aliphatic carbocycles. The highest BCUT2D eigenvalue weighted by Gasteiger charge is 2.26. The first-order valence-corrected chi connectivity index (χ1v) is 7.61. The number of ether oxygens (including phenoxy) is 1. The molecule has 4 nitrogen and oxygen atoms in total. The molecule has 1 aromatic rings. The second kappa shape index (κ2) is 9.27. The molecule has 0 heterocycles. The summed E-state index contributed by atoms with van der Waals surface area (Å²) in [5, 5.41) is 5.87. The molecule has 7 heteroatoms. The van der Waals surface area contributed by atoms with Crippen LogP contribution in [0.1, 0.15) is 24.5 Å². The van der Waals surface area contributed by atoms with E-state index in [-0.39, 0.29) is 6.54 Å². The van der Waals surface area contributed by atoms with Gasteiger partial charge < -0.3 is 15.4 Å². The van der Waals surface area contributed by atoms with E-state index in [0.717, 1.165) is 16.9 Å². The van der Waals surface area contributed by atoms with Crippen molar-refractivity contribution in [2.24, 2.45) is 4.99 Å². The Kier molecular flexibility index (Phi) is 7.71. The van der Waals surface area contributed by atoms with E-state index in [1.807, 2.05) is 39.0 Å². The van der Waals surface area contributed by atoms with Crippen LogP contribution in [0, 0.1) is 13.8 Å².